The van der Waals surface area contributed by atoms with Crippen LogP contribution in [0, 0.1) is 13.8 Å². The molecule has 0 bridgehead atoms. The van der Waals surface area contributed by atoms with Gasteiger partial charge in [-0.15, -0.1) is 0 Å². The van der Waals surface area contributed by atoms with Gasteiger partial charge in [-0.05, 0) is 111 Å². The molecule has 2 heterocycles. The Balaban J connectivity index is 0.000000269. The van der Waals surface area contributed by atoms with Gasteiger partial charge in [-0.3, -0.25) is 11.3 Å². The number of hydrogen-bond donors (Lipinski definition) is 3. The van der Waals surface area contributed by atoms with Crippen molar-refractivity contribution in [2.24, 2.45) is 5.84 Å². The van der Waals surface area contributed by atoms with E-state index in [9.17, 15) is 0 Å². The standard InChI is InChI=1S/C37H28N2.C7H8.C6H7N.2C2H6.CH6N2/c1-25-10-9-13-29(22-25)39-35-17-8-6-15-31(35)33-23-26(19-21-36(33)39)27-18-20-32-30-14-5-7-16-34(30)38(37(32)24-27)28-11-3-2-4-12-28;1-7-5-3-2-4-6-7;7-6-4-2-1-3-5-6;2*1-2;1-3-2/h2-18,20,22-24H,19,21H2,1H3;2-6H,1H3;1-5H,7H2;2*1-2H3;3H,2H2,1H3. The van der Waals surface area contributed by atoms with Crippen molar-refractivity contribution in [3.05, 3.63) is 210 Å². The monoisotopic (exact) mass is 791 g/mol. The van der Waals surface area contributed by atoms with Gasteiger partial charge in [0.1, 0.15) is 0 Å². The summed E-state index contributed by atoms with van der Waals surface area (Å²) in [6.07, 6.45) is 4.49. The minimum atomic E-state index is 0.822. The van der Waals surface area contributed by atoms with Crippen LogP contribution >= 0.6 is 0 Å². The summed E-state index contributed by atoms with van der Waals surface area (Å²) in [4.78, 5) is 0. The Kier molecular flexibility index (Phi) is 16.7. The lowest BCUT2D eigenvalue weighted by molar-refractivity contribution is 0.897. The third-order valence-electron chi connectivity index (χ3n) is 10.0. The average molecular weight is 792 g/mol. The van der Waals surface area contributed by atoms with Crippen LogP contribution in [-0.4, -0.2) is 16.2 Å². The maximum absolute atomic E-state index is 5.36. The van der Waals surface area contributed by atoms with Gasteiger partial charge in [0.05, 0.1) is 16.6 Å². The molecule has 10 rings (SSSR count). The number of nitrogens with one attached hydrogen (secondary N) is 1. The quantitative estimate of drug-likeness (QED) is 0.0948. The largest absolute Gasteiger partial charge is 0.399 e. The van der Waals surface area contributed by atoms with Gasteiger partial charge in [0.2, 0.25) is 0 Å². The lowest BCUT2D eigenvalue weighted by Crippen LogP contribution is -2.13. The van der Waals surface area contributed by atoms with E-state index in [0.717, 1.165) is 18.5 Å². The van der Waals surface area contributed by atoms with Crippen LogP contribution in [0.15, 0.2) is 182 Å². The summed E-state index contributed by atoms with van der Waals surface area (Å²) in [6, 6.07) is 64.0. The van der Waals surface area contributed by atoms with Crippen molar-refractivity contribution < 1.29 is 0 Å². The Bertz CT molecular complexity index is 2670. The molecule has 5 nitrogen and oxygen atoms in total. The predicted octanol–water partition coefficient (Wildman–Crippen LogP) is 13.9. The van der Waals surface area contributed by atoms with Crippen molar-refractivity contribution in [3.8, 4) is 11.4 Å². The molecule has 0 spiro atoms. The van der Waals surface area contributed by atoms with E-state index >= 15 is 0 Å². The van der Waals surface area contributed by atoms with Crippen LogP contribution in [0.25, 0.3) is 55.7 Å². The topological polar surface area (TPSA) is 73.9 Å². The van der Waals surface area contributed by atoms with Crippen molar-refractivity contribution in [2.75, 3.05) is 12.8 Å². The second-order valence-corrected chi connectivity index (χ2v) is 14.0. The number of hydrogen-bond acceptors (Lipinski definition) is 3. The summed E-state index contributed by atoms with van der Waals surface area (Å²) < 4.78 is 4.88. The number of rotatable bonds is 3. The zero-order valence-corrected chi connectivity index (χ0v) is 36.4. The van der Waals surface area contributed by atoms with E-state index in [1.807, 2.05) is 76.2 Å². The Morgan fingerprint density at radius 2 is 0.967 bits per heavy atom. The van der Waals surface area contributed by atoms with E-state index in [1.165, 1.54) is 77.6 Å². The summed E-state index contributed by atoms with van der Waals surface area (Å²) in [5.74, 6) is 4.60. The van der Waals surface area contributed by atoms with Crippen molar-refractivity contribution >= 4 is 50.0 Å². The fraction of sp³-hybridized carbons (Fsp3) is 0.164. The molecule has 5 heteroatoms. The molecule has 306 valence electrons. The lowest BCUT2D eigenvalue weighted by atomic mass is 9.91. The first-order valence-electron chi connectivity index (χ1n) is 21.1. The zero-order chi connectivity index (χ0) is 42.9. The summed E-state index contributed by atoms with van der Waals surface area (Å²) in [5.41, 5.74) is 22.7. The molecular weight excluding hydrogens is 731 g/mol. The minimum Gasteiger partial charge on any atom is -0.399 e. The number of aryl methyl sites for hydroxylation is 2. The molecule has 7 aromatic carbocycles. The number of para-hydroxylation sites is 4. The van der Waals surface area contributed by atoms with Gasteiger partial charge in [0.25, 0.3) is 0 Å². The van der Waals surface area contributed by atoms with E-state index in [4.69, 9.17) is 5.73 Å². The molecule has 0 aliphatic heterocycles. The third-order valence-corrected chi connectivity index (χ3v) is 10.0. The number of nitrogens with zero attached hydrogens (tertiary/aromatic N) is 2. The summed E-state index contributed by atoms with van der Waals surface area (Å²) in [7, 11) is 1.65. The highest BCUT2D eigenvalue weighted by Gasteiger charge is 2.22. The number of anilines is 1. The Morgan fingerprint density at radius 3 is 1.53 bits per heavy atom. The number of nitrogens with two attached hydrogens (primary N) is 2. The van der Waals surface area contributed by atoms with Crippen molar-refractivity contribution in [1.29, 1.82) is 0 Å². The summed E-state index contributed by atoms with van der Waals surface area (Å²) in [6.45, 7) is 12.3. The van der Waals surface area contributed by atoms with Gasteiger partial charge in [-0.1, -0.05) is 161 Å². The number of benzene rings is 7. The molecule has 0 unspecified atom stereocenters. The first-order chi connectivity index (χ1) is 29.5. The van der Waals surface area contributed by atoms with Crippen molar-refractivity contribution in [1.82, 2.24) is 14.6 Å². The molecule has 60 heavy (non-hydrogen) atoms. The predicted molar refractivity (Wildman–Crippen MR) is 263 cm³/mol. The van der Waals surface area contributed by atoms with Crippen LogP contribution in [0.5, 0.6) is 0 Å². The van der Waals surface area contributed by atoms with Crippen LogP contribution < -0.4 is 17.0 Å². The highest BCUT2D eigenvalue weighted by Crippen LogP contribution is 2.40. The molecule has 0 fully saturated rings. The molecule has 9 aromatic rings. The summed E-state index contributed by atoms with van der Waals surface area (Å²) >= 11 is 0. The van der Waals surface area contributed by atoms with Crippen LogP contribution in [-0.2, 0) is 6.42 Å². The molecule has 5 N–H and O–H groups in total. The van der Waals surface area contributed by atoms with E-state index in [2.05, 4.69) is 174 Å². The van der Waals surface area contributed by atoms with Crippen molar-refractivity contribution in [3.63, 3.8) is 0 Å². The van der Waals surface area contributed by atoms with Gasteiger partial charge in [-0.25, -0.2) is 0 Å². The average Bonchev–Trinajstić information content (AvgIpc) is 3.81. The number of allylic oxidation sites excluding steroid dienone is 1. The Hall–Kier alpha value is -6.66. The van der Waals surface area contributed by atoms with Gasteiger partial charge < -0.3 is 14.9 Å². The van der Waals surface area contributed by atoms with Gasteiger partial charge >= 0.3 is 0 Å². The number of fused-ring (bicyclic) bond motifs is 6. The van der Waals surface area contributed by atoms with Gasteiger partial charge in [-0.2, -0.15) is 0 Å². The fourth-order valence-electron chi connectivity index (χ4n) is 7.53. The van der Waals surface area contributed by atoms with Gasteiger partial charge in [0.15, 0.2) is 0 Å². The first kappa shape index (κ1) is 44.4. The SMILES string of the molecule is CC.CC.CNN.Cc1cccc(-n2c3c(c4ccccc42)C=C(c2ccc4c5ccccc5n(-c5ccccc5)c4c2)CC3)c1.Cc1ccccc1.Nc1ccccc1. The first-order valence-corrected chi connectivity index (χ1v) is 21.1. The van der Waals surface area contributed by atoms with Crippen LogP contribution in [0.2, 0.25) is 0 Å². The highest BCUT2D eigenvalue weighted by molar-refractivity contribution is 6.10. The number of nitrogen functional groups attached to an aromatic ring is 1. The Morgan fingerprint density at radius 1 is 0.467 bits per heavy atom. The minimum absolute atomic E-state index is 0.822. The van der Waals surface area contributed by atoms with Gasteiger partial charge in [0, 0.05) is 44.5 Å². The molecule has 1 aliphatic carbocycles. The van der Waals surface area contributed by atoms with Crippen molar-refractivity contribution in [2.45, 2.75) is 54.4 Å². The second kappa shape index (κ2) is 22.5. The van der Waals surface area contributed by atoms with E-state index in [-0.39, 0.29) is 0 Å². The van der Waals surface area contributed by atoms with E-state index in [1.54, 1.807) is 7.05 Å². The summed E-state index contributed by atoms with van der Waals surface area (Å²) in [5, 5.41) is 3.92. The van der Waals surface area contributed by atoms with E-state index < -0.39 is 0 Å². The molecular formula is C55H61N5. The second-order valence-electron chi connectivity index (χ2n) is 14.0. The fourth-order valence-corrected chi connectivity index (χ4v) is 7.53. The van der Waals surface area contributed by atoms with Crippen LogP contribution in [0.4, 0.5) is 5.69 Å². The molecule has 0 saturated heterocycles. The number of aromatic nitrogens is 2. The lowest BCUT2D eigenvalue weighted by Gasteiger charge is -2.18. The highest BCUT2D eigenvalue weighted by atomic mass is 15.2. The smallest absolute Gasteiger partial charge is 0.0547 e. The third kappa shape index (κ3) is 10.5. The molecule has 0 radical (unpaired) electrons. The molecule has 2 aromatic heterocycles. The Labute approximate surface area is 357 Å². The maximum Gasteiger partial charge on any atom is 0.0547 e. The molecule has 1 aliphatic rings. The molecule has 0 amide bonds. The van der Waals surface area contributed by atoms with E-state index in [0.29, 0.717) is 0 Å². The zero-order valence-electron chi connectivity index (χ0n) is 36.4. The normalized spacial score (nSPS) is 11.1. The van der Waals surface area contributed by atoms with Crippen LogP contribution in [0.1, 0.15) is 62.1 Å². The molecule has 0 atom stereocenters. The molecule has 0 saturated carbocycles. The van der Waals surface area contributed by atoms with Crippen LogP contribution in [0.3, 0.4) is 0 Å². The number of hydrazine groups is 1. The maximum atomic E-state index is 5.36.